The van der Waals surface area contributed by atoms with Crippen LogP contribution in [-0.4, -0.2) is 10.9 Å². The van der Waals surface area contributed by atoms with Crippen LogP contribution in [0.5, 0.6) is 0 Å². The number of nitrogens with one attached hydrogen (secondary N) is 1. The van der Waals surface area contributed by atoms with Gasteiger partial charge in [-0.05, 0) is 37.0 Å². The molecule has 0 saturated carbocycles. The van der Waals surface area contributed by atoms with Crippen molar-refractivity contribution in [2.45, 2.75) is 25.8 Å². The SMILES string of the molecule is O=C(NCc1cc2c(s1)CCC2)c1cc(F)cnc1Cl. The first-order chi connectivity index (χ1) is 9.63. The van der Waals surface area contributed by atoms with Crippen molar-refractivity contribution in [3.8, 4) is 0 Å². The lowest BCUT2D eigenvalue weighted by molar-refractivity contribution is 0.0950. The van der Waals surface area contributed by atoms with Gasteiger partial charge in [0.05, 0.1) is 18.3 Å². The first-order valence-electron chi connectivity index (χ1n) is 6.33. The second-order valence-corrected chi connectivity index (χ2v) is 6.27. The number of thiophene rings is 1. The first-order valence-corrected chi connectivity index (χ1v) is 7.52. The molecular formula is C14H12ClFN2OS. The molecule has 0 spiro atoms. The Kier molecular flexibility index (Phi) is 3.72. The molecule has 0 fully saturated rings. The molecule has 104 valence electrons. The summed E-state index contributed by atoms with van der Waals surface area (Å²) in [4.78, 5) is 18.1. The summed E-state index contributed by atoms with van der Waals surface area (Å²) in [5.74, 6) is -0.981. The predicted octanol–water partition coefficient (Wildman–Crippen LogP) is 3.35. The molecule has 0 bridgehead atoms. The zero-order chi connectivity index (χ0) is 14.1. The van der Waals surface area contributed by atoms with E-state index in [1.807, 2.05) is 0 Å². The Labute approximate surface area is 124 Å². The quantitative estimate of drug-likeness (QED) is 0.883. The van der Waals surface area contributed by atoms with Crippen molar-refractivity contribution in [1.29, 1.82) is 0 Å². The van der Waals surface area contributed by atoms with E-state index in [-0.39, 0.29) is 10.7 Å². The smallest absolute Gasteiger partial charge is 0.254 e. The lowest BCUT2D eigenvalue weighted by atomic mass is 10.2. The van der Waals surface area contributed by atoms with Crippen LogP contribution in [0.4, 0.5) is 4.39 Å². The highest BCUT2D eigenvalue weighted by Crippen LogP contribution is 2.30. The van der Waals surface area contributed by atoms with E-state index in [1.165, 1.54) is 16.9 Å². The van der Waals surface area contributed by atoms with Gasteiger partial charge in [0, 0.05) is 9.75 Å². The summed E-state index contributed by atoms with van der Waals surface area (Å²) in [6.07, 6.45) is 4.47. The molecule has 3 nitrogen and oxygen atoms in total. The van der Waals surface area contributed by atoms with Crippen LogP contribution in [0, 0.1) is 5.82 Å². The van der Waals surface area contributed by atoms with Gasteiger partial charge in [-0.2, -0.15) is 0 Å². The van der Waals surface area contributed by atoms with Gasteiger partial charge in [0.2, 0.25) is 0 Å². The molecule has 1 amide bonds. The zero-order valence-corrected chi connectivity index (χ0v) is 12.2. The fourth-order valence-corrected chi connectivity index (χ4v) is 3.71. The standard InChI is InChI=1S/C14H12ClFN2OS/c15-13-11(5-9(16)6-17-13)14(19)18-7-10-4-8-2-1-3-12(8)20-10/h4-6H,1-3,7H2,(H,18,19). The van der Waals surface area contributed by atoms with Gasteiger partial charge >= 0.3 is 0 Å². The molecule has 0 aromatic carbocycles. The second-order valence-electron chi connectivity index (χ2n) is 4.69. The summed E-state index contributed by atoms with van der Waals surface area (Å²) in [5, 5.41) is 2.76. The second kappa shape index (κ2) is 5.50. The predicted molar refractivity (Wildman–Crippen MR) is 76.7 cm³/mol. The molecule has 2 heterocycles. The molecule has 0 aliphatic heterocycles. The van der Waals surface area contributed by atoms with Crippen LogP contribution < -0.4 is 5.32 Å². The van der Waals surface area contributed by atoms with Crippen LogP contribution in [0.2, 0.25) is 5.15 Å². The van der Waals surface area contributed by atoms with Crippen molar-refractivity contribution in [2.75, 3.05) is 0 Å². The van der Waals surface area contributed by atoms with E-state index in [2.05, 4.69) is 16.4 Å². The summed E-state index contributed by atoms with van der Waals surface area (Å²) < 4.78 is 13.1. The number of halogens is 2. The van der Waals surface area contributed by atoms with E-state index < -0.39 is 11.7 Å². The number of nitrogens with zero attached hydrogens (tertiary/aromatic N) is 1. The Balaban J connectivity index is 1.68. The summed E-state index contributed by atoms with van der Waals surface area (Å²) in [6, 6.07) is 3.23. The highest BCUT2D eigenvalue weighted by Gasteiger charge is 2.16. The monoisotopic (exact) mass is 310 g/mol. The highest BCUT2D eigenvalue weighted by molar-refractivity contribution is 7.12. The zero-order valence-electron chi connectivity index (χ0n) is 10.6. The van der Waals surface area contributed by atoms with Crippen LogP contribution >= 0.6 is 22.9 Å². The van der Waals surface area contributed by atoms with Crippen molar-refractivity contribution in [1.82, 2.24) is 10.3 Å². The molecule has 1 N–H and O–H groups in total. The third-order valence-electron chi connectivity index (χ3n) is 3.27. The Morgan fingerprint density at radius 1 is 1.45 bits per heavy atom. The lowest BCUT2D eigenvalue weighted by Gasteiger charge is -2.05. The van der Waals surface area contributed by atoms with E-state index >= 15 is 0 Å². The van der Waals surface area contributed by atoms with Gasteiger partial charge in [-0.25, -0.2) is 9.37 Å². The van der Waals surface area contributed by atoms with E-state index in [0.717, 1.165) is 30.0 Å². The molecule has 2 aromatic heterocycles. The molecule has 20 heavy (non-hydrogen) atoms. The van der Waals surface area contributed by atoms with Gasteiger partial charge in [-0.15, -0.1) is 11.3 Å². The fourth-order valence-electron chi connectivity index (χ4n) is 2.32. The van der Waals surface area contributed by atoms with E-state index in [1.54, 1.807) is 11.3 Å². The van der Waals surface area contributed by atoms with Crippen LogP contribution in [0.3, 0.4) is 0 Å². The molecule has 0 saturated heterocycles. The molecule has 2 aromatic rings. The van der Waals surface area contributed by atoms with Crippen molar-refractivity contribution in [2.24, 2.45) is 0 Å². The number of hydrogen-bond donors (Lipinski definition) is 1. The molecule has 0 radical (unpaired) electrons. The van der Waals surface area contributed by atoms with Gasteiger partial charge < -0.3 is 5.32 Å². The van der Waals surface area contributed by atoms with Crippen molar-refractivity contribution < 1.29 is 9.18 Å². The van der Waals surface area contributed by atoms with Crippen molar-refractivity contribution >= 4 is 28.8 Å². The largest absolute Gasteiger partial charge is 0.347 e. The van der Waals surface area contributed by atoms with Gasteiger partial charge in [-0.1, -0.05) is 11.6 Å². The number of carbonyl (C=O) groups excluding carboxylic acids is 1. The summed E-state index contributed by atoms with van der Waals surface area (Å²) in [6.45, 7) is 0.434. The topological polar surface area (TPSA) is 42.0 Å². The fraction of sp³-hybridized carbons (Fsp3) is 0.286. The Bertz CT molecular complexity index is 650. The third kappa shape index (κ3) is 2.69. The van der Waals surface area contributed by atoms with Crippen molar-refractivity contribution in [3.05, 3.63) is 50.2 Å². The normalized spacial score (nSPS) is 13.3. The maximum absolute atomic E-state index is 13.1. The number of carbonyl (C=O) groups is 1. The number of hydrogen-bond acceptors (Lipinski definition) is 3. The molecule has 0 unspecified atom stereocenters. The lowest BCUT2D eigenvalue weighted by Crippen LogP contribution is -2.23. The minimum atomic E-state index is -0.574. The average Bonchev–Trinajstić information content (AvgIpc) is 2.99. The number of fused-ring (bicyclic) bond motifs is 1. The van der Waals surface area contributed by atoms with Gasteiger partial charge in [0.15, 0.2) is 0 Å². The molecule has 0 atom stereocenters. The van der Waals surface area contributed by atoms with E-state index in [0.29, 0.717) is 6.54 Å². The molecular weight excluding hydrogens is 299 g/mol. The average molecular weight is 311 g/mol. The number of aryl methyl sites for hydroxylation is 2. The Morgan fingerprint density at radius 3 is 3.10 bits per heavy atom. The van der Waals surface area contributed by atoms with E-state index in [4.69, 9.17) is 11.6 Å². The number of aromatic nitrogens is 1. The summed E-state index contributed by atoms with van der Waals surface area (Å²) in [5.41, 5.74) is 1.46. The van der Waals surface area contributed by atoms with Crippen molar-refractivity contribution in [3.63, 3.8) is 0 Å². The van der Waals surface area contributed by atoms with Crippen LogP contribution in [0.25, 0.3) is 0 Å². The molecule has 1 aliphatic rings. The van der Waals surface area contributed by atoms with Crippen LogP contribution in [0.1, 0.15) is 32.1 Å². The van der Waals surface area contributed by atoms with Gasteiger partial charge in [0.1, 0.15) is 11.0 Å². The summed E-state index contributed by atoms with van der Waals surface area (Å²) in [7, 11) is 0. The minimum Gasteiger partial charge on any atom is -0.347 e. The third-order valence-corrected chi connectivity index (χ3v) is 4.81. The van der Waals surface area contributed by atoms with Gasteiger partial charge in [-0.3, -0.25) is 4.79 Å². The van der Waals surface area contributed by atoms with Crippen LogP contribution in [0.15, 0.2) is 18.3 Å². The first kappa shape index (κ1) is 13.5. The molecule has 1 aliphatic carbocycles. The number of rotatable bonds is 3. The Morgan fingerprint density at radius 2 is 2.30 bits per heavy atom. The maximum Gasteiger partial charge on any atom is 0.254 e. The van der Waals surface area contributed by atoms with Gasteiger partial charge in [0.25, 0.3) is 5.91 Å². The molecule has 3 rings (SSSR count). The minimum absolute atomic E-state index is 0.0116. The highest BCUT2D eigenvalue weighted by atomic mass is 35.5. The number of amides is 1. The number of pyridine rings is 1. The summed E-state index contributed by atoms with van der Waals surface area (Å²) >= 11 is 7.53. The molecule has 6 heteroatoms. The Hall–Kier alpha value is -1.46. The maximum atomic E-state index is 13.1. The van der Waals surface area contributed by atoms with Crippen LogP contribution in [-0.2, 0) is 19.4 Å². The van der Waals surface area contributed by atoms with E-state index in [9.17, 15) is 9.18 Å².